The maximum atomic E-state index is 12.2. The van der Waals surface area contributed by atoms with E-state index in [1.165, 1.54) is 24.3 Å². The van der Waals surface area contributed by atoms with Crippen molar-refractivity contribution in [1.82, 2.24) is 0 Å². The van der Waals surface area contributed by atoms with Crippen LogP contribution in [-0.4, -0.2) is 71.7 Å². The third kappa shape index (κ3) is 9.01. The molecule has 0 aliphatic heterocycles. The number of nitrogens with zero attached hydrogens (tertiary/aromatic N) is 5. The molecule has 0 bridgehead atoms. The molecule has 0 heterocycles. The molecular weight excluding hydrogens is 846 g/mol. The maximum absolute atomic E-state index is 12.2. The van der Waals surface area contributed by atoms with E-state index in [0.717, 1.165) is 42.5 Å². The Labute approximate surface area is 359 Å². The molecule has 0 atom stereocenters. The van der Waals surface area contributed by atoms with E-state index in [4.69, 9.17) is 0 Å². The average Bonchev–Trinajstić information content (AvgIpc) is 3.14. The van der Waals surface area contributed by atoms with Crippen LogP contribution < -0.4 is 29.6 Å². The van der Waals surface area contributed by atoms with Gasteiger partial charge in [-0.2, -0.15) is 16.8 Å². The van der Waals surface area contributed by atoms with Crippen LogP contribution in [0.3, 0.4) is 0 Å². The van der Waals surface area contributed by atoms with Crippen LogP contribution >= 0.6 is 0 Å². The van der Waals surface area contributed by atoms with E-state index in [1.807, 2.05) is 0 Å². The van der Waals surface area contributed by atoms with E-state index in [2.05, 4.69) is 20.5 Å². The van der Waals surface area contributed by atoms with Crippen molar-refractivity contribution >= 4 is 59.4 Å². The average molecular weight is 873 g/mol. The van der Waals surface area contributed by atoms with Gasteiger partial charge in [0.05, 0.1) is 16.0 Å². The number of phenols is 8. The van der Waals surface area contributed by atoms with Gasteiger partial charge in [-0.05, 0) is 53.6 Å². The Kier molecular flexibility index (Phi) is 12.6. The monoisotopic (exact) mass is 872 g/mol. The van der Waals surface area contributed by atoms with Crippen LogP contribution in [0.1, 0.15) is 22.3 Å². The largest absolute Gasteiger partial charge is 1.00 e. The fourth-order valence-corrected chi connectivity index (χ4v) is 7.17. The number of azo groups is 2. The minimum absolute atomic E-state index is 0. The predicted octanol–water partition coefficient (Wildman–Crippen LogP) is 3.90. The zero-order chi connectivity index (χ0) is 43.1. The second kappa shape index (κ2) is 16.9. The molecule has 0 aromatic heterocycles. The van der Waals surface area contributed by atoms with Crippen molar-refractivity contribution in [3.63, 3.8) is 0 Å². The summed E-state index contributed by atoms with van der Waals surface area (Å²) in [6.45, 7) is 0. The molecule has 0 unspecified atom stereocenters. The van der Waals surface area contributed by atoms with Gasteiger partial charge >= 0.3 is 29.6 Å². The van der Waals surface area contributed by atoms with Crippen LogP contribution in [0.25, 0.3) is 10.8 Å². The molecule has 0 fully saturated rings. The fourth-order valence-electron chi connectivity index (χ4n) is 5.90. The zero-order valence-corrected chi connectivity index (χ0v) is 34.0. The Morgan fingerprint density at radius 1 is 0.517 bits per heavy atom. The minimum atomic E-state index is -5.10. The third-order valence-corrected chi connectivity index (χ3v) is 10.6. The van der Waals surface area contributed by atoms with Crippen molar-refractivity contribution in [3.8, 4) is 46.0 Å². The van der Waals surface area contributed by atoms with Gasteiger partial charge < -0.3 is 40.9 Å². The fraction of sp³-hybridized carbons (Fsp3) is 0.0556. The molecule has 304 valence electrons. The molecule has 0 amide bonds. The number of hydrogen-bond acceptors (Lipinski definition) is 18. The van der Waals surface area contributed by atoms with Crippen LogP contribution in [0.15, 0.2) is 109 Å². The molecule has 10 N–H and O–H groups in total. The van der Waals surface area contributed by atoms with Gasteiger partial charge in [0.1, 0.15) is 61.4 Å². The summed E-state index contributed by atoms with van der Waals surface area (Å²) >= 11 is 0. The van der Waals surface area contributed by atoms with E-state index in [-0.39, 0.29) is 98.7 Å². The number of benzene rings is 6. The molecule has 0 aliphatic rings. The van der Waals surface area contributed by atoms with Gasteiger partial charge in [-0.3, -0.25) is 19.2 Å². The Balaban J connectivity index is 0.00000683. The third-order valence-electron chi connectivity index (χ3n) is 8.79. The maximum Gasteiger partial charge on any atom is 1.00 e. The normalized spacial score (nSPS) is 12.0. The second-order valence-electron chi connectivity index (χ2n) is 12.5. The van der Waals surface area contributed by atoms with Crippen LogP contribution in [0.4, 0.5) is 28.4 Å². The summed E-state index contributed by atoms with van der Waals surface area (Å²) in [6.07, 6.45) is -0.533. The molecule has 21 nitrogen and oxygen atoms in total. The van der Waals surface area contributed by atoms with Crippen LogP contribution in [0.5, 0.6) is 46.0 Å². The first kappa shape index (κ1) is 44.5. The Bertz CT molecular complexity index is 3040. The summed E-state index contributed by atoms with van der Waals surface area (Å²) < 4.78 is 66.7. The van der Waals surface area contributed by atoms with E-state index in [1.54, 1.807) is 0 Å². The smallest absolute Gasteiger partial charge is 0.508 e. The van der Waals surface area contributed by atoms with Crippen molar-refractivity contribution in [2.75, 3.05) is 0 Å². The number of hydrogen-bond donors (Lipinski definition) is 10. The summed E-state index contributed by atoms with van der Waals surface area (Å²) in [5, 5.41) is 111. The zero-order valence-electron chi connectivity index (χ0n) is 30.4. The van der Waals surface area contributed by atoms with Crippen molar-refractivity contribution in [1.29, 1.82) is 0 Å². The van der Waals surface area contributed by atoms with Gasteiger partial charge in [0.15, 0.2) is 11.4 Å². The number of fused-ring (bicyclic) bond motifs is 1. The van der Waals surface area contributed by atoms with Crippen LogP contribution in [-0.2, 0) is 33.1 Å². The number of nitro benzene ring substituents is 1. The molecule has 24 heteroatoms. The topological polar surface area (TPSA) is 363 Å². The van der Waals surface area contributed by atoms with Crippen LogP contribution in [0.2, 0.25) is 0 Å². The molecule has 0 saturated heterocycles. The summed E-state index contributed by atoms with van der Waals surface area (Å²) in [5.74, 6) is -4.43. The van der Waals surface area contributed by atoms with Crippen molar-refractivity contribution in [2.45, 2.75) is 22.6 Å². The molecule has 0 spiro atoms. The number of aromatic hydroxyl groups is 8. The molecule has 6 aromatic rings. The van der Waals surface area contributed by atoms with E-state index in [9.17, 15) is 76.9 Å². The quantitative estimate of drug-likeness (QED) is 0.0290. The van der Waals surface area contributed by atoms with E-state index in [0.29, 0.717) is 12.1 Å². The number of nitro groups is 1. The summed E-state index contributed by atoms with van der Waals surface area (Å²) in [7, 11) is -10.1. The molecule has 6 rings (SSSR count). The van der Waals surface area contributed by atoms with Gasteiger partial charge in [-0.15, -0.1) is 20.5 Å². The van der Waals surface area contributed by atoms with Gasteiger partial charge in [0.2, 0.25) is 0 Å². The van der Waals surface area contributed by atoms with Gasteiger partial charge in [0.25, 0.3) is 25.9 Å². The number of rotatable bonds is 11. The SMILES string of the molecule is O=[N+]([O-])c1cc(S(=O)(=O)O)c(O)cc1N=Nc1ccc2c(S(=O)(=O)O)ccc(N=Nc3ccc(O)c(Cc4ccc(O)c(Cc5ccc(O)cc5O)c4O)c3O)c2c1O.[Na+]. The van der Waals surface area contributed by atoms with Crippen LogP contribution in [0, 0.1) is 10.1 Å². The molecule has 0 radical (unpaired) electrons. The van der Waals surface area contributed by atoms with Crippen molar-refractivity contribution < 1.29 is 101 Å². The Morgan fingerprint density at radius 3 is 1.65 bits per heavy atom. The minimum Gasteiger partial charge on any atom is -0.508 e. The molecular formula is C36H27N5NaO16S2+. The summed E-state index contributed by atoms with van der Waals surface area (Å²) in [5.41, 5.74) is -2.74. The molecule has 0 aliphatic carbocycles. The Hall–Kier alpha value is -6.60. The van der Waals surface area contributed by atoms with Gasteiger partial charge in [-0.1, -0.05) is 18.2 Å². The first-order chi connectivity index (χ1) is 27.6. The summed E-state index contributed by atoms with van der Waals surface area (Å²) in [6, 6.07) is 13.4. The second-order valence-corrected chi connectivity index (χ2v) is 15.3. The standard InChI is InChI=1S/C36H27N5O16S2.Na/c42-18-3-1-16(29(45)13-18)11-20-27(43)8-2-17(34(20)47)12-21-28(44)9-6-23(35(21)48)38-37-22-7-10-31(58(52,53)54)19-4-5-24(36(49)33(19)22)39-40-25-14-30(46)32(59(55,56)57)15-26(25)41(50)51;/h1-10,13-15,42-49H,11-12H2,(H,52,53,54)(H,55,56,57);/q;+1. The van der Waals surface area contributed by atoms with E-state index < -0.39 is 86.1 Å². The Morgan fingerprint density at radius 2 is 1.03 bits per heavy atom. The predicted molar refractivity (Wildman–Crippen MR) is 203 cm³/mol. The molecule has 6 aromatic carbocycles. The van der Waals surface area contributed by atoms with Gasteiger partial charge in [-0.25, -0.2) is 0 Å². The van der Waals surface area contributed by atoms with Gasteiger partial charge in [0, 0.05) is 47.6 Å². The number of phenolic OH excluding ortho intramolecular Hbond substituents is 8. The summed E-state index contributed by atoms with van der Waals surface area (Å²) in [4.78, 5) is 8.62. The first-order valence-electron chi connectivity index (χ1n) is 16.3. The molecule has 60 heavy (non-hydrogen) atoms. The molecule has 0 saturated carbocycles. The first-order valence-corrected chi connectivity index (χ1v) is 19.2. The van der Waals surface area contributed by atoms with E-state index >= 15 is 0 Å². The van der Waals surface area contributed by atoms with Crippen molar-refractivity contribution in [3.05, 3.63) is 111 Å². The van der Waals surface area contributed by atoms with Crippen molar-refractivity contribution in [2.24, 2.45) is 20.5 Å².